The maximum Gasteiger partial charge on any atom is 0.178 e. The molecule has 1 N–H and O–H groups in total. The van der Waals surface area contributed by atoms with Gasteiger partial charge in [0.25, 0.3) is 0 Å². The molecule has 2 aromatic rings. The normalized spacial score (nSPS) is 21.3. The number of piperidine rings is 1. The fourth-order valence-corrected chi connectivity index (χ4v) is 3.80. The number of benzene rings is 1. The van der Waals surface area contributed by atoms with Crippen LogP contribution in [0.5, 0.6) is 0 Å². The molecule has 25 heavy (non-hydrogen) atoms. The Morgan fingerprint density at radius 3 is 2.96 bits per heavy atom. The van der Waals surface area contributed by atoms with Crippen LogP contribution in [-0.4, -0.2) is 46.6 Å². The molecule has 1 aromatic heterocycles. The van der Waals surface area contributed by atoms with Gasteiger partial charge in [-0.15, -0.1) is 0 Å². The molecule has 2 heterocycles. The van der Waals surface area contributed by atoms with E-state index < -0.39 is 0 Å². The number of hydrogen-bond acceptors (Lipinski definition) is 4. The molecule has 3 rings (SSSR count). The van der Waals surface area contributed by atoms with E-state index in [9.17, 15) is 9.90 Å². The van der Waals surface area contributed by atoms with Gasteiger partial charge in [-0.2, -0.15) is 5.26 Å². The van der Waals surface area contributed by atoms with Crippen LogP contribution in [0.15, 0.2) is 30.5 Å². The predicted octanol–water partition coefficient (Wildman–Crippen LogP) is 2.83. The molecule has 0 bridgehead atoms. The molecule has 0 spiro atoms. The highest BCUT2D eigenvalue weighted by Crippen LogP contribution is 2.29. The predicted molar refractivity (Wildman–Crippen MR) is 97.4 cm³/mol. The molecule has 0 radical (unpaired) electrons. The second-order valence-corrected chi connectivity index (χ2v) is 7.37. The van der Waals surface area contributed by atoms with E-state index in [1.807, 2.05) is 35.0 Å². The fourth-order valence-electron chi connectivity index (χ4n) is 3.80. The van der Waals surface area contributed by atoms with Crippen molar-refractivity contribution in [3.05, 3.63) is 36.0 Å². The summed E-state index contributed by atoms with van der Waals surface area (Å²) in [7, 11) is 0. The van der Waals surface area contributed by atoms with Gasteiger partial charge >= 0.3 is 0 Å². The minimum atomic E-state index is -0.112. The van der Waals surface area contributed by atoms with Crippen LogP contribution in [0, 0.1) is 16.7 Å². The quantitative estimate of drug-likeness (QED) is 0.822. The van der Waals surface area contributed by atoms with Gasteiger partial charge in [0.1, 0.15) is 0 Å². The smallest absolute Gasteiger partial charge is 0.178 e. The summed E-state index contributed by atoms with van der Waals surface area (Å²) >= 11 is 0. The second-order valence-electron chi connectivity index (χ2n) is 7.37. The molecule has 0 amide bonds. The average Bonchev–Trinajstić information content (AvgIpc) is 2.99. The number of aromatic nitrogens is 1. The summed E-state index contributed by atoms with van der Waals surface area (Å²) in [5.74, 6) is 0.106. The van der Waals surface area contributed by atoms with Gasteiger partial charge in [0.05, 0.1) is 19.0 Å². The molecule has 0 aliphatic carbocycles. The number of aryl methyl sites for hydroxylation is 1. The third-order valence-corrected chi connectivity index (χ3v) is 5.16. The summed E-state index contributed by atoms with van der Waals surface area (Å²) in [4.78, 5) is 15.1. The fraction of sp³-hybridized carbons (Fsp3) is 0.500. The molecular formula is C20H25N3O2. The molecule has 5 heteroatoms. The molecule has 1 fully saturated rings. The Balaban J connectivity index is 1.81. The topological polar surface area (TPSA) is 69.3 Å². The molecule has 1 aliphatic heterocycles. The average molecular weight is 339 g/mol. The highest BCUT2D eigenvalue weighted by molar-refractivity contribution is 6.09. The number of Topliss-reactive ketones (excluding diaryl/α,β-unsaturated/α-hetero) is 1. The Labute approximate surface area is 148 Å². The minimum Gasteiger partial charge on any atom is -0.396 e. The van der Waals surface area contributed by atoms with Crippen molar-refractivity contribution in [1.82, 2.24) is 9.47 Å². The maximum atomic E-state index is 12.9. The Hall–Kier alpha value is -2.16. The number of hydrogen-bond donors (Lipinski definition) is 1. The third kappa shape index (κ3) is 3.76. The third-order valence-electron chi connectivity index (χ3n) is 5.16. The van der Waals surface area contributed by atoms with Crippen molar-refractivity contribution in [2.24, 2.45) is 5.41 Å². The summed E-state index contributed by atoms with van der Waals surface area (Å²) in [6, 6.07) is 10.0. The van der Waals surface area contributed by atoms with Crippen LogP contribution in [-0.2, 0) is 6.54 Å². The van der Waals surface area contributed by atoms with Crippen molar-refractivity contribution in [2.75, 3.05) is 26.2 Å². The van der Waals surface area contributed by atoms with E-state index in [1.165, 1.54) is 0 Å². The van der Waals surface area contributed by atoms with Gasteiger partial charge in [0, 0.05) is 47.8 Å². The van der Waals surface area contributed by atoms with Crippen LogP contribution in [0.1, 0.15) is 36.5 Å². The molecule has 0 saturated carbocycles. The van der Waals surface area contributed by atoms with E-state index in [2.05, 4.69) is 17.9 Å². The molecule has 1 atom stereocenters. The van der Waals surface area contributed by atoms with Gasteiger partial charge in [-0.25, -0.2) is 0 Å². The van der Waals surface area contributed by atoms with Gasteiger partial charge < -0.3 is 9.67 Å². The highest BCUT2D eigenvalue weighted by Gasteiger charge is 2.31. The Kier molecular flexibility index (Phi) is 5.22. The highest BCUT2D eigenvalue weighted by atomic mass is 16.3. The van der Waals surface area contributed by atoms with E-state index in [0.717, 1.165) is 42.4 Å². The lowest BCUT2D eigenvalue weighted by molar-refractivity contribution is 0.0446. The first kappa shape index (κ1) is 17.7. The van der Waals surface area contributed by atoms with Crippen molar-refractivity contribution in [1.29, 1.82) is 5.26 Å². The summed E-state index contributed by atoms with van der Waals surface area (Å²) in [5, 5.41) is 19.4. The van der Waals surface area contributed by atoms with Gasteiger partial charge in [-0.05, 0) is 25.5 Å². The van der Waals surface area contributed by atoms with E-state index in [4.69, 9.17) is 5.26 Å². The van der Waals surface area contributed by atoms with Gasteiger partial charge in [0.2, 0.25) is 0 Å². The first-order chi connectivity index (χ1) is 12.1. The lowest BCUT2D eigenvalue weighted by Crippen LogP contribution is -2.45. The molecule has 5 nitrogen and oxygen atoms in total. The van der Waals surface area contributed by atoms with Crippen LogP contribution in [0.3, 0.4) is 0 Å². The van der Waals surface area contributed by atoms with Crippen LogP contribution in [0.25, 0.3) is 10.9 Å². The largest absolute Gasteiger partial charge is 0.396 e. The van der Waals surface area contributed by atoms with Crippen LogP contribution >= 0.6 is 0 Å². The van der Waals surface area contributed by atoms with Crippen molar-refractivity contribution >= 4 is 16.7 Å². The number of rotatable bonds is 6. The Bertz CT molecular complexity index is 805. The van der Waals surface area contributed by atoms with Gasteiger partial charge in [-0.3, -0.25) is 9.69 Å². The molecule has 132 valence electrons. The standard InChI is InChI=1S/C20H25N3O2/c1-20(15-24)8-4-10-22(14-20)13-19(25)17-12-23(11-5-9-21)18-7-3-2-6-16(17)18/h2-3,6-7,12,24H,4-5,8,10-11,13-15H2,1H3. The van der Waals surface area contributed by atoms with Crippen molar-refractivity contribution < 1.29 is 9.90 Å². The number of nitrogens with zero attached hydrogens (tertiary/aromatic N) is 3. The minimum absolute atomic E-state index is 0.106. The zero-order valence-corrected chi connectivity index (χ0v) is 14.7. The van der Waals surface area contributed by atoms with Crippen molar-refractivity contribution in [2.45, 2.75) is 32.7 Å². The zero-order valence-electron chi connectivity index (χ0n) is 14.7. The number of fused-ring (bicyclic) bond motifs is 1. The summed E-state index contributed by atoms with van der Waals surface area (Å²) < 4.78 is 2.00. The number of ketones is 1. The van der Waals surface area contributed by atoms with Gasteiger partial charge in [-0.1, -0.05) is 25.1 Å². The van der Waals surface area contributed by atoms with Crippen molar-refractivity contribution in [3.8, 4) is 6.07 Å². The SMILES string of the molecule is CC1(CO)CCCN(CC(=O)c2cn(CCC#N)c3ccccc23)C1. The molecule has 1 saturated heterocycles. The lowest BCUT2D eigenvalue weighted by atomic mass is 9.82. The Morgan fingerprint density at radius 2 is 2.20 bits per heavy atom. The van der Waals surface area contributed by atoms with Crippen LogP contribution in [0.2, 0.25) is 0 Å². The Morgan fingerprint density at radius 1 is 1.40 bits per heavy atom. The first-order valence-electron chi connectivity index (χ1n) is 8.87. The maximum absolute atomic E-state index is 12.9. The molecule has 1 aromatic carbocycles. The number of aliphatic hydroxyl groups is 1. The number of nitriles is 1. The summed E-state index contributed by atoms with van der Waals surface area (Å²) in [6.45, 7) is 4.86. The van der Waals surface area contributed by atoms with Crippen LogP contribution < -0.4 is 0 Å². The van der Waals surface area contributed by atoms with E-state index in [1.54, 1.807) is 0 Å². The van der Waals surface area contributed by atoms with Crippen molar-refractivity contribution in [3.63, 3.8) is 0 Å². The van der Waals surface area contributed by atoms with E-state index >= 15 is 0 Å². The van der Waals surface area contributed by atoms with Gasteiger partial charge in [0.15, 0.2) is 5.78 Å². The monoisotopic (exact) mass is 339 g/mol. The number of carbonyl (C=O) groups excluding carboxylic acids is 1. The van der Waals surface area contributed by atoms with E-state index in [-0.39, 0.29) is 17.8 Å². The first-order valence-corrected chi connectivity index (χ1v) is 8.87. The molecular weight excluding hydrogens is 314 g/mol. The number of aliphatic hydroxyl groups excluding tert-OH is 1. The number of likely N-dealkylation sites (tertiary alicyclic amines) is 1. The summed E-state index contributed by atoms with van der Waals surface area (Å²) in [5.41, 5.74) is 1.61. The summed E-state index contributed by atoms with van der Waals surface area (Å²) in [6.07, 6.45) is 4.32. The molecule has 1 aliphatic rings. The molecule has 1 unspecified atom stereocenters. The zero-order chi connectivity index (χ0) is 17.9. The number of carbonyl (C=O) groups is 1. The van der Waals surface area contributed by atoms with E-state index in [0.29, 0.717) is 19.5 Å². The second kappa shape index (κ2) is 7.38. The number of para-hydroxylation sites is 1. The van der Waals surface area contributed by atoms with Crippen LogP contribution in [0.4, 0.5) is 0 Å². The lowest BCUT2D eigenvalue weighted by Gasteiger charge is -2.38.